The lowest BCUT2D eigenvalue weighted by atomic mass is 9.31. The number of rotatable bonds is 8. The summed E-state index contributed by atoms with van der Waals surface area (Å²) in [4.78, 5) is 5.19. The van der Waals surface area contributed by atoms with Crippen molar-refractivity contribution < 1.29 is 9.47 Å². The zero-order chi connectivity index (χ0) is 62.0. The van der Waals surface area contributed by atoms with Crippen molar-refractivity contribution in [1.82, 2.24) is 0 Å². The molecule has 0 unspecified atom stereocenters. The predicted molar refractivity (Wildman–Crippen MR) is 388 cm³/mol. The van der Waals surface area contributed by atoms with E-state index in [9.17, 15) is 0 Å². The highest BCUT2D eigenvalue weighted by atomic mass is 16.5. The molecule has 0 bridgehead atoms. The van der Waals surface area contributed by atoms with Crippen molar-refractivity contribution in [3.05, 3.63) is 302 Å². The van der Waals surface area contributed by atoms with Crippen LogP contribution in [0.1, 0.15) is 52.7 Å². The Balaban J connectivity index is 0.946. The molecular formula is C86H66B2N2O2. The molecule has 92 heavy (non-hydrogen) atoms. The first-order chi connectivity index (χ1) is 44.9. The Morgan fingerprint density at radius 3 is 0.880 bits per heavy atom. The molecule has 0 N–H and O–H groups in total. The van der Waals surface area contributed by atoms with Crippen molar-refractivity contribution in [3.63, 3.8) is 0 Å². The quantitative estimate of drug-likeness (QED) is 0.142. The number of hydrogen-bond donors (Lipinski definition) is 0. The largest absolute Gasteiger partial charge is 0.458 e. The second-order valence-corrected chi connectivity index (χ2v) is 27.1. The van der Waals surface area contributed by atoms with Gasteiger partial charge in [-0.3, -0.25) is 0 Å². The number of hydrogen-bond acceptors (Lipinski definition) is 4. The van der Waals surface area contributed by atoms with Gasteiger partial charge in [0.15, 0.2) is 0 Å². The molecule has 4 aliphatic rings. The number of anilines is 6. The lowest BCUT2D eigenvalue weighted by Crippen LogP contribution is -2.63. The van der Waals surface area contributed by atoms with Gasteiger partial charge in [-0.1, -0.05) is 290 Å². The van der Waals surface area contributed by atoms with Crippen LogP contribution in [0.25, 0.3) is 66.8 Å². The van der Waals surface area contributed by atoms with E-state index in [0.717, 1.165) is 146 Å². The molecule has 0 saturated heterocycles. The Bertz CT molecular complexity index is 4630. The molecule has 0 aromatic heterocycles. The Kier molecular flexibility index (Phi) is 12.9. The number of ether oxygens (including phenoxy) is 2. The number of benzene rings is 13. The second-order valence-electron chi connectivity index (χ2n) is 27.1. The van der Waals surface area contributed by atoms with Gasteiger partial charge in [0.05, 0.1) is 11.4 Å². The Morgan fingerprint density at radius 1 is 0.250 bits per heavy atom. The molecule has 0 fully saturated rings. The van der Waals surface area contributed by atoms with Crippen LogP contribution in [0.4, 0.5) is 34.1 Å². The summed E-state index contributed by atoms with van der Waals surface area (Å²) in [5.74, 6) is 3.32. The first-order valence-electron chi connectivity index (χ1n) is 32.3. The van der Waals surface area contributed by atoms with Crippen molar-refractivity contribution >= 4 is 80.3 Å². The molecule has 4 aliphatic heterocycles. The summed E-state index contributed by atoms with van der Waals surface area (Å²) in [7, 11) is 0. The summed E-state index contributed by atoms with van der Waals surface area (Å²) in [5, 5.41) is 0. The van der Waals surface area contributed by atoms with Crippen LogP contribution in [-0.4, -0.2) is 13.4 Å². The molecule has 4 nitrogen and oxygen atoms in total. The summed E-state index contributed by atoms with van der Waals surface area (Å²) >= 11 is 0. The number of para-hydroxylation sites is 2. The van der Waals surface area contributed by atoms with Gasteiger partial charge in [-0.2, -0.15) is 0 Å². The van der Waals surface area contributed by atoms with Crippen molar-refractivity contribution in [3.8, 4) is 89.8 Å². The van der Waals surface area contributed by atoms with Crippen molar-refractivity contribution in [2.75, 3.05) is 9.80 Å². The molecular weight excluding hydrogens is 1110 g/mol. The fourth-order valence-corrected chi connectivity index (χ4v) is 14.9. The third-order valence-electron chi connectivity index (χ3n) is 19.5. The monoisotopic (exact) mass is 1180 g/mol. The van der Waals surface area contributed by atoms with E-state index in [1.165, 1.54) is 22.1 Å². The van der Waals surface area contributed by atoms with E-state index in [4.69, 9.17) is 9.47 Å². The first-order valence-corrected chi connectivity index (χ1v) is 32.3. The van der Waals surface area contributed by atoms with E-state index < -0.39 is 0 Å². The molecule has 0 amide bonds. The standard InChI is InChI=1S/C86H66B2N2O2/c1-85(2,3)63-49-75-81-79(51-63)91-77-54-78-72(53-71(77)87(81)69-45-43-61(55-27-13-7-14-28-55)47-73(69)89(75)83-65(57-31-17-9-18-32-57)39-25-40-66(83)58-33-19-10-20-34-58)88-70-46-44-62(56-29-15-8-16-30-56)48-74(70)90(76-50-64(86(4,5)6)52-80(92-78)82(76)88)84-67(59-35-21-11-22-36-59)41-26-42-68(84)60-37-23-12-24-38-60/h7-54H,1-6H3. The maximum atomic E-state index is 7.63. The van der Waals surface area contributed by atoms with E-state index in [-0.39, 0.29) is 24.3 Å². The third-order valence-corrected chi connectivity index (χ3v) is 19.5. The summed E-state index contributed by atoms with van der Waals surface area (Å²) < 4.78 is 15.3. The van der Waals surface area contributed by atoms with Gasteiger partial charge in [0.25, 0.3) is 13.4 Å². The van der Waals surface area contributed by atoms with E-state index in [1.807, 2.05) is 0 Å². The van der Waals surface area contributed by atoms with Gasteiger partial charge in [-0.25, -0.2) is 0 Å². The fourth-order valence-electron chi connectivity index (χ4n) is 14.9. The van der Waals surface area contributed by atoms with Crippen LogP contribution in [0.15, 0.2) is 291 Å². The van der Waals surface area contributed by atoms with Crippen LogP contribution in [0.2, 0.25) is 0 Å². The zero-order valence-electron chi connectivity index (χ0n) is 52.6. The van der Waals surface area contributed by atoms with Crippen molar-refractivity contribution in [2.45, 2.75) is 52.4 Å². The molecule has 13 aromatic carbocycles. The lowest BCUT2D eigenvalue weighted by molar-refractivity contribution is 0.462. The van der Waals surface area contributed by atoms with Gasteiger partial charge in [0.1, 0.15) is 23.0 Å². The summed E-state index contributed by atoms with van der Waals surface area (Å²) in [6, 6.07) is 108. The van der Waals surface area contributed by atoms with Crippen molar-refractivity contribution in [1.29, 1.82) is 0 Å². The van der Waals surface area contributed by atoms with Gasteiger partial charge < -0.3 is 19.3 Å². The molecule has 0 spiro atoms. The van der Waals surface area contributed by atoms with Gasteiger partial charge >= 0.3 is 0 Å². The molecule has 4 heterocycles. The van der Waals surface area contributed by atoms with Gasteiger partial charge in [0.2, 0.25) is 0 Å². The Morgan fingerprint density at radius 2 is 0.565 bits per heavy atom. The van der Waals surface area contributed by atoms with Crippen molar-refractivity contribution in [2.24, 2.45) is 0 Å². The SMILES string of the molecule is CC(C)(C)c1cc2c3c(c1)N(c1c(-c4ccccc4)cccc1-c1ccccc1)c1cc(-c4ccccc4)ccc1B3c1cc3c(cc1O2)Oc1cc(C(C)(C)C)cc2c1B3c1ccc(-c3ccccc3)cc1N2c1c(-c2ccccc2)cccc1-c1ccccc1. The summed E-state index contributed by atoms with van der Waals surface area (Å²) in [5.41, 5.74) is 29.3. The zero-order valence-corrected chi connectivity index (χ0v) is 52.6. The van der Waals surface area contributed by atoms with E-state index in [1.54, 1.807) is 0 Å². The van der Waals surface area contributed by atoms with Gasteiger partial charge in [-0.05, 0) is 136 Å². The summed E-state index contributed by atoms with van der Waals surface area (Å²) in [6.07, 6.45) is 0. The minimum absolute atomic E-state index is 0.224. The average Bonchev–Trinajstić information content (AvgIpc) is 0.700. The highest BCUT2D eigenvalue weighted by Gasteiger charge is 2.48. The molecule has 0 radical (unpaired) electrons. The first kappa shape index (κ1) is 55.3. The average molecular weight is 1180 g/mol. The van der Waals surface area contributed by atoms with Gasteiger partial charge in [-0.15, -0.1) is 0 Å². The van der Waals surface area contributed by atoms with E-state index in [0.29, 0.717) is 0 Å². The molecule has 6 heteroatoms. The van der Waals surface area contributed by atoms with E-state index in [2.05, 4.69) is 343 Å². The predicted octanol–water partition coefficient (Wildman–Crippen LogP) is 19.1. The Hall–Kier alpha value is -10.8. The molecule has 13 aromatic rings. The van der Waals surface area contributed by atoms with Crippen LogP contribution in [0.3, 0.4) is 0 Å². The number of fused-ring (bicyclic) bond motifs is 8. The van der Waals surface area contributed by atoms with Crippen LogP contribution >= 0.6 is 0 Å². The molecule has 17 rings (SSSR count). The van der Waals surface area contributed by atoms with E-state index >= 15 is 0 Å². The second kappa shape index (κ2) is 21.4. The van der Waals surface area contributed by atoms with Gasteiger partial charge in [0, 0.05) is 51.1 Å². The van der Waals surface area contributed by atoms with Crippen LogP contribution in [-0.2, 0) is 10.8 Å². The highest BCUT2D eigenvalue weighted by molar-refractivity contribution is 7.02. The van der Waals surface area contributed by atoms with Crippen LogP contribution in [0, 0.1) is 0 Å². The molecule has 0 aliphatic carbocycles. The molecule has 0 saturated carbocycles. The maximum absolute atomic E-state index is 7.63. The third kappa shape index (κ3) is 9.06. The highest BCUT2D eigenvalue weighted by Crippen LogP contribution is 2.53. The normalized spacial score (nSPS) is 13.2. The molecule has 438 valence electrons. The lowest BCUT2D eigenvalue weighted by Gasteiger charge is -2.44. The van der Waals surface area contributed by atoms with Crippen LogP contribution < -0.4 is 52.1 Å². The Labute approximate surface area is 540 Å². The maximum Gasteiger partial charge on any atom is 0.256 e. The topological polar surface area (TPSA) is 24.9 Å². The minimum Gasteiger partial charge on any atom is -0.458 e. The molecule has 0 atom stereocenters. The smallest absolute Gasteiger partial charge is 0.256 e. The number of nitrogens with zero attached hydrogens (tertiary/aromatic N) is 2. The minimum atomic E-state index is -0.235. The summed E-state index contributed by atoms with van der Waals surface area (Å²) in [6.45, 7) is 13.4. The van der Waals surface area contributed by atoms with Crippen LogP contribution in [0.5, 0.6) is 23.0 Å². The fraction of sp³-hybridized carbons (Fsp3) is 0.0930.